The number of phenolic OH excluding ortho intramolecular Hbond substituents is 1. The zero-order chi connectivity index (χ0) is 13.5. The van der Waals surface area contributed by atoms with Crippen molar-refractivity contribution < 1.29 is 9.90 Å². The van der Waals surface area contributed by atoms with Gasteiger partial charge in [0.05, 0.1) is 6.54 Å². The molecule has 1 aromatic carbocycles. The van der Waals surface area contributed by atoms with Crippen LogP contribution in [0.15, 0.2) is 18.2 Å². The molecule has 0 spiro atoms. The first-order chi connectivity index (χ1) is 8.56. The van der Waals surface area contributed by atoms with E-state index in [1.165, 1.54) is 0 Å². The van der Waals surface area contributed by atoms with Gasteiger partial charge < -0.3 is 10.4 Å². The van der Waals surface area contributed by atoms with Gasteiger partial charge in [-0.1, -0.05) is 24.6 Å². The van der Waals surface area contributed by atoms with E-state index in [-0.39, 0.29) is 5.91 Å². The Morgan fingerprint density at radius 1 is 1.44 bits per heavy atom. The molecule has 2 N–H and O–H groups in total. The van der Waals surface area contributed by atoms with Crippen molar-refractivity contribution in [2.75, 3.05) is 20.1 Å². The summed E-state index contributed by atoms with van der Waals surface area (Å²) in [6.45, 7) is 5.85. The molecule has 0 aliphatic heterocycles. The van der Waals surface area contributed by atoms with Crippen molar-refractivity contribution in [1.82, 2.24) is 10.2 Å². The van der Waals surface area contributed by atoms with E-state index in [0.29, 0.717) is 18.8 Å². The van der Waals surface area contributed by atoms with Gasteiger partial charge in [-0.25, -0.2) is 0 Å². The first-order valence-electron chi connectivity index (χ1n) is 6.28. The number of rotatable bonds is 6. The minimum atomic E-state index is -0.00408. The number of benzene rings is 1. The second-order valence-electron chi connectivity index (χ2n) is 4.52. The molecule has 0 aliphatic rings. The topological polar surface area (TPSA) is 52.6 Å². The van der Waals surface area contributed by atoms with Crippen molar-refractivity contribution in [2.24, 2.45) is 0 Å². The lowest BCUT2D eigenvalue weighted by Gasteiger charge is -2.21. The molecule has 4 heteroatoms. The highest BCUT2D eigenvalue weighted by Gasteiger charge is 2.11. The molecule has 0 saturated carbocycles. The monoisotopic (exact) mass is 250 g/mol. The number of phenols is 1. The van der Waals surface area contributed by atoms with Crippen LogP contribution in [0.4, 0.5) is 0 Å². The number of likely N-dealkylation sites (N-methyl/N-ethyl adjacent to an activating group) is 1. The van der Waals surface area contributed by atoms with Crippen molar-refractivity contribution in [2.45, 2.75) is 26.8 Å². The third kappa shape index (κ3) is 4.37. The molecular weight excluding hydrogens is 228 g/mol. The SMILES string of the molecule is CCCN(CC(=O)NC)Cc1cc(C)ccc1O. The van der Waals surface area contributed by atoms with Gasteiger partial charge in [-0.2, -0.15) is 0 Å². The summed E-state index contributed by atoms with van der Waals surface area (Å²) in [6, 6.07) is 5.54. The standard InChI is InChI=1S/C14H22N2O2/c1-4-7-16(10-14(18)15-3)9-12-8-11(2)5-6-13(12)17/h5-6,8,17H,4,7,9-10H2,1-3H3,(H,15,18). The number of hydrogen-bond acceptors (Lipinski definition) is 3. The molecule has 18 heavy (non-hydrogen) atoms. The predicted octanol–water partition coefficient (Wildman–Crippen LogP) is 1.66. The van der Waals surface area contributed by atoms with Crippen LogP contribution in [0.3, 0.4) is 0 Å². The summed E-state index contributed by atoms with van der Waals surface area (Å²) >= 11 is 0. The Morgan fingerprint density at radius 2 is 2.17 bits per heavy atom. The average molecular weight is 250 g/mol. The lowest BCUT2D eigenvalue weighted by atomic mass is 10.1. The lowest BCUT2D eigenvalue weighted by Crippen LogP contribution is -2.35. The normalized spacial score (nSPS) is 10.7. The maximum atomic E-state index is 11.4. The third-order valence-electron chi connectivity index (χ3n) is 2.81. The fourth-order valence-electron chi connectivity index (χ4n) is 1.89. The summed E-state index contributed by atoms with van der Waals surface area (Å²) in [7, 11) is 1.64. The third-order valence-corrected chi connectivity index (χ3v) is 2.81. The summed E-state index contributed by atoms with van der Waals surface area (Å²) in [5.74, 6) is 0.286. The van der Waals surface area contributed by atoms with Gasteiger partial charge in [0.2, 0.25) is 5.91 Å². The number of carbonyl (C=O) groups excluding carboxylic acids is 1. The van der Waals surface area contributed by atoms with E-state index in [1.807, 2.05) is 24.0 Å². The Bertz CT molecular complexity index is 405. The Labute approximate surface area is 109 Å². The van der Waals surface area contributed by atoms with Crippen LogP contribution < -0.4 is 5.32 Å². The smallest absolute Gasteiger partial charge is 0.233 e. The Kier molecular flexibility index (Phi) is 5.65. The fourth-order valence-corrected chi connectivity index (χ4v) is 1.89. The second-order valence-corrected chi connectivity index (χ2v) is 4.52. The molecule has 1 amide bonds. The van der Waals surface area contributed by atoms with Crippen LogP contribution in [0.5, 0.6) is 5.75 Å². The van der Waals surface area contributed by atoms with E-state index < -0.39 is 0 Å². The summed E-state index contributed by atoms with van der Waals surface area (Å²) in [4.78, 5) is 13.5. The van der Waals surface area contributed by atoms with E-state index >= 15 is 0 Å². The molecule has 0 atom stereocenters. The number of carbonyl (C=O) groups is 1. The molecule has 100 valence electrons. The minimum absolute atomic E-state index is 0.00408. The summed E-state index contributed by atoms with van der Waals surface area (Å²) < 4.78 is 0. The van der Waals surface area contributed by atoms with Gasteiger partial charge in [0.25, 0.3) is 0 Å². The number of amides is 1. The molecule has 0 aromatic heterocycles. The maximum absolute atomic E-state index is 11.4. The summed E-state index contributed by atoms with van der Waals surface area (Å²) in [5, 5.41) is 12.4. The molecule has 0 heterocycles. The summed E-state index contributed by atoms with van der Waals surface area (Å²) in [5.41, 5.74) is 1.98. The van der Waals surface area contributed by atoms with Crippen LogP contribution in [0, 0.1) is 6.92 Å². The van der Waals surface area contributed by atoms with Crippen molar-refractivity contribution in [3.63, 3.8) is 0 Å². The highest BCUT2D eigenvalue weighted by atomic mass is 16.3. The first-order valence-corrected chi connectivity index (χ1v) is 6.28. The Hall–Kier alpha value is -1.55. The van der Waals surface area contributed by atoms with Crippen LogP contribution in [0.2, 0.25) is 0 Å². The molecule has 0 aliphatic carbocycles. The van der Waals surface area contributed by atoms with Crippen LogP contribution >= 0.6 is 0 Å². The van der Waals surface area contributed by atoms with E-state index in [0.717, 1.165) is 24.1 Å². The van der Waals surface area contributed by atoms with Crippen LogP contribution in [-0.4, -0.2) is 36.1 Å². The van der Waals surface area contributed by atoms with Gasteiger partial charge in [-0.15, -0.1) is 0 Å². The highest BCUT2D eigenvalue weighted by Crippen LogP contribution is 2.20. The Morgan fingerprint density at radius 3 is 2.78 bits per heavy atom. The molecule has 0 fully saturated rings. The van der Waals surface area contributed by atoms with Crippen LogP contribution in [0.1, 0.15) is 24.5 Å². The number of aryl methyl sites for hydroxylation is 1. The quantitative estimate of drug-likeness (QED) is 0.807. The second kappa shape index (κ2) is 7.01. The van der Waals surface area contributed by atoms with Gasteiger partial charge in [0.15, 0.2) is 0 Å². The molecule has 1 rings (SSSR count). The lowest BCUT2D eigenvalue weighted by molar-refractivity contribution is -0.121. The molecule has 0 saturated heterocycles. The number of nitrogens with one attached hydrogen (secondary N) is 1. The zero-order valence-electron chi connectivity index (χ0n) is 11.4. The summed E-state index contributed by atoms with van der Waals surface area (Å²) in [6.07, 6.45) is 0.976. The van der Waals surface area contributed by atoms with Crippen LogP contribution in [-0.2, 0) is 11.3 Å². The van der Waals surface area contributed by atoms with Crippen LogP contribution in [0.25, 0.3) is 0 Å². The molecule has 4 nitrogen and oxygen atoms in total. The van der Waals surface area contributed by atoms with Gasteiger partial charge in [0.1, 0.15) is 5.75 Å². The van der Waals surface area contributed by atoms with Gasteiger partial charge in [-0.05, 0) is 26.0 Å². The van der Waals surface area contributed by atoms with Crippen molar-refractivity contribution in [1.29, 1.82) is 0 Å². The van der Waals surface area contributed by atoms with Crippen molar-refractivity contribution >= 4 is 5.91 Å². The molecule has 1 aromatic rings. The number of nitrogens with zero attached hydrogens (tertiary/aromatic N) is 1. The minimum Gasteiger partial charge on any atom is -0.508 e. The first kappa shape index (κ1) is 14.5. The van der Waals surface area contributed by atoms with E-state index in [1.54, 1.807) is 13.1 Å². The highest BCUT2D eigenvalue weighted by molar-refractivity contribution is 5.77. The molecular formula is C14H22N2O2. The van der Waals surface area contributed by atoms with Gasteiger partial charge in [-0.3, -0.25) is 9.69 Å². The average Bonchev–Trinajstić information content (AvgIpc) is 2.34. The maximum Gasteiger partial charge on any atom is 0.233 e. The van der Waals surface area contributed by atoms with Crippen molar-refractivity contribution in [3.05, 3.63) is 29.3 Å². The van der Waals surface area contributed by atoms with Crippen molar-refractivity contribution in [3.8, 4) is 5.75 Å². The Balaban J connectivity index is 2.75. The van der Waals surface area contributed by atoms with E-state index in [2.05, 4.69) is 12.2 Å². The predicted molar refractivity (Wildman–Crippen MR) is 72.5 cm³/mol. The zero-order valence-corrected chi connectivity index (χ0v) is 11.4. The van der Waals surface area contributed by atoms with E-state index in [9.17, 15) is 9.90 Å². The molecule has 0 bridgehead atoms. The van der Waals surface area contributed by atoms with E-state index in [4.69, 9.17) is 0 Å². The molecule has 0 unspecified atom stereocenters. The number of aromatic hydroxyl groups is 1. The van der Waals surface area contributed by atoms with Gasteiger partial charge >= 0.3 is 0 Å². The fraction of sp³-hybridized carbons (Fsp3) is 0.500. The van der Waals surface area contributed by atoms with Gasteiger partial charge in [0, 0.05) is 19.2 Å². The largest absolute Gasteiger partial charge is 0.508 e. The number of hydrogen-bond donors (Lipinski definition) is 2. The molecule has 0 radical (unpaired) electrons.